The molecule has 0 aromatic carbocycles. The monoisotopic (exact) mass is 180 g/mol. The van der Waals surface area contributed by atoms with Crippen molar-refractivity contribution in [3.63, 3.8) is 0 Å². The van der Waals surface area contributed by atoms with Gasteiger partial charge in [0.05, 0.1) is 17.9 Å². The average Bonchev–Trinajstić information content (AvgIpc) is 2.13. The largest absolute Gasteiger partial charge is 0.462 e. The molecular weight excluding hydrogens is 168 g/mol. The summed E-state index contributed by atoms with van der Waals surface area (Å²) >= 11 is 0. The average molecular weight is 180 g/mol. The van der Waals surface area contributed by atoms with Gasteiger partial charge in [0.15, 0.2) is 0 Å². The zero-order valence-corrected chi connectivity index (χ0v) is 7.54. The van der Waals surface area contributed by atoms with Crippen molar-refractivity contribution in [2.75, 3.05) is 6.61 Å². The van der Waals surface area contributed by atoms with Gasteiger partial charge in [-0.05, 0) is 19.1 Å². The molecule has 0 unspecified atom stereocenters. The molecule has 13 heavy (non-hydrogen) atoms. The van der Waals surface area contributed by atoms with Crippen LogP contribution in [0.25, 0.3) is 0 Å². The number of carbonyl (C=O) groups excluding carboxylic acids is 1. The number of hydrogen-bond donors (Lipinski definition) is 1. The summed E-state index contributed by atoms with van der Waals surface area (Å²) in [6.45, 7) is 8.92. The van der Waals surface area contributed by atoms with Crippen LogP contribution in [0.5, 0.6) is 0 Å². The Morgan fingerprint density at radius 1 is 1.54 bits per heavy atom. The number of rotatable bonds is 5. The fourth-order valence-electron chi connectivity index (χ4n) is 0.526. The predicted molar refractivity (Wildman–Crippen MR) is 49.2 cm³/mol. The summed E-state index contributed by atoms with van der Waals surface area (Å²) in [5.74, 6) is -0.475. The molecule has 0 aromatic rings. The van der Waals surface area contributed by atoms with Crippen LogP contribution in [0.3, 0.4) is 0 Å². The molecule has 0 fully saturated rings. The van der Waals surface area contributed by atoms with Crippen LogP contribution in [0, 0.1) is 5.53 Å². The number of hydrogen-bond acceptors (Lipinski definition) is 4. The second kappa shape index (κ2) is 5.88. The second-order valence-electron chi connectivity index (χ2n) is 2.18. The van der Waals surface area contributed by atoms with Crippen molar-refractivity contribution in [2.24, 2.45) is 5.11 Å². The summed E-state index contributed by atoms with van der Waals surface area (Å²) in [5, 5.41) is 3.04. The van der Waals surface area contributed by atoms with E-state index in [1.165, 1.54) is 12.2 Å². The van der Waals surface area contributed by atoms with Gasteiger partial charge in [-0.1, -0.05) is 13.2 Å². The Kier molecular flexibility index (Phi) is 5.11. The van der Waals surface area contributed by atoms with E-state index < -0.39 is 5.97 Å². The number of carbonyl (C=O) groups is 1. The Bertz CT molecular complexity index is 267. The molecule has 0 aliphatic rings. The first-order chi connectivity index (χ1) is 6.11. The van der Waals surface area contributed by atoms with E-state index in [-0.39, 0.29) is 11.3 Å². The second-order valence-corrected chi connectivity index (χ2v) is 2.18. The van der Waals surface area contributed by atoms with E-state index in [9.17, 15) is 4.79 Å². The number of nitrogens with one attached hydrogen (secondary N) is 1. The van der Waals surface area contributed by atoms with Crippen molar-refractivity contribution in [2.45, 2.75) is 6.92 Å². The summed E-state index contributed by atoms with van der Waals surface area (Å²) in [5.41, 5.74) is 7.04. The van der Waals surface area contributed by atoms with Crippen LogP contribution in [0.2, 0.25) is 0 Å². The molecule has 1 N–H and O–H groups in total. The van der Waals surface area contributed by atoms with E-state index in [4.69, 9.17) is 5.53 Å². The maximum atomic E-state index is 11.0. The molecule has 0 spiro atoms. The van der Waals surface area contributed by atoms with Gasteiger partial charge in [0.2, 0.25) is 0 Å². The lowest BCUT2D eigenvalue weighted by Crippen LogP contribution is -2.04. The number of nitrogens with zero attached hydrogens (tertiary/aromatic N) is 1. The lowest BCUT2D eigenvalue weighted by molar-refractivity contribution is -0.138. The minimum absolute atomic E-state index is 0.214. The van der Waals surface area contributed by atoms with Crippen molar-refractivity contribution >= 4 is 5.97 Å². The Hall–Kier alpha value is -1.71. The highest BCUT2D eigenvalue weighted by atomic mass is 16.5. The van der Waals surface area contributed by atoms with Crippen LogP contribution in [0.1, 0.15) is 6.92 Å². The zero-order valence-electron chi connectivity index (χ0n) is 7.54. The van der Waals surface area contributed by atoms with E-state index >= 15 is 0 Å². The van der Waals surface area contributed by atoms with Gasteiger partial charge in [0.25, 0.3) is 0 Å². The molecular formula is C9H12N2O2. The molecule has 0 bridgehead atoms. The third kappa shape index (κ3) is 4.68. The Labute approximate surface area is 77.1 Å². The zero-order chi connectivity index (χ0) is 10.3. The molecule has 0 saturated heterocycles. The van der Waals surface area contributed by atoms with Gasteiger partial charge in [-0.3, -0.25) is 0 Å². The first-order valence-corrected chi connectivity index (χ1v) is 3.72. The maximum Gasteiger partial charge on any atom is 0.337 e. The van der Waals surface area contributed by atoms with E-state index in [2.05, 4.69) is 23.0 Å². The van der Waals surface area contributed by atoms with Gasteiger partial charge in [-0.25, -0.2) is 10.3 Å². The summed E-state index contributed by atoms with van der Waals surface area (Å²) in [6.07, 6.45) is 2.84. The fourth-order valence-corrected chi connectivity index (χ4v) is 0.526. The smallest absolute Gasteiger partial charge is 0.337 e. The van der Waals surface area contributed by atoms with Crippen LogP contribution in [0.4, 0.5) is 0 Å². The molecule has 70 valence electrons. The Morgan fingerprint density at radius 2 is 2.15 bits per heavy atom. The van der Waals surface area contributed by atoms with Crippen molar-refractivity contribution < 1.29 is 9.53 Å². The summed E-state index contributed by atoms with van der Waals surface area (Å²) < 4.78 is 4.67. The van der Waals surface area contributed by atoms with Gasteiger partial charge in [-0.15, -0.1) is 0 Å². The number of ether oxygens (including phenoxy) is 1. The predicted octanol–water partition coefficient (Wildman–Crippen LogP) is 2.21. The van der Waals surface area contributed by atoms with E-state index in [1.807, 2.05) is 0 Å². The molecule has 0 aliphatic carbocycles. The maximum absolute atomic E-state index is 11.0. The highest BCUT2D eigenvalue weighted by molar-refractivity contribution is 5.90. The van der Waals surface area contributed by atoms with Crippen LogP contribution in [0.15, 0.2) is 41.7 Å². The normalized spacial score (nSPS) is 9.62. The molecule has 0 atom stereocenters. The van der Waals surface area contributed by atoms with E-state index in [0.29, 0.717) is 6.61 Å². The molecule has 0 heterocycles. The lowest BCUT2D eigenvalue weighted by Gasteiger charge is -1.99. The molecule has 0 rings (SSSR count). The van der Waals surface area contributed by atoms with Crippen molar-refractivity contribution in [3.05, 3.63) is 36.6 Å². The first-order valence-electron chi connectivity index (χ1n) is 3.72. The highest BCUT2D eigenvalue weighted by Crippen LogP contribution is 2.01. The van der Waals surface area contributed by atoms with Gasteiger partial charge in [-0.2, -0.15) is 5.11 Å². The summed E-state index contributed by atoms with van der Waals surface area (Å²) in [7, 11) is 0. The molecule has 0 aliphatic heterocycles. The van der Waals surface area contributed by atoms with Gasteiger partial charge in [0.1, 0.15) is 0 Å². The van der Waals surface area contributed by atoms with Crippen LogP contribution in [-0.2, 0) is 9.53 Å². The van der Waals surface area contributed by atoms with Gasteiger partial charge < -0.3 is 4.74 Å². The Morgan fingerprint density at radius 3 is 2.62 bits per heavy atom. The summed E-state index contributed by atoms with van der Waals surface area (Å²) in [4.78, 5) is 11.0. The molecule has 4 heteroatoms. The van der Waals surface area contributed by atoms with Crippen molar-refractivity contribution in [1.29, 1.82) is 5.53 Å². The third-order valence-electron chi connectivity index (χ3n) is 1.16. The third-order valence-corrected chi connectivity index (χ3v) is 1.16. The molecule has 0 amide bonds. The summed E-state index contributed by atoms with van der Waals surface area (Å²) in [6, 6.07) is 0. The van der Waals surface area contributed by atoms with E-state index in [0.717, 1.165) is 0 Å². The van der Waals surface area contributed by atoms with Crippen molar-refractivity contribution in [1.82, 2.24) is 0 Å². The van der Waals surface area contributed by atoms with E-state index in [1.54, 1.807) is 6.92 Å². The minimum atomic E-state index is -0.475. The fraction of sp³-hybridized carbons (Fsp3) is 0.222. The molecule has 4 nitrogen and oxygen atoms in total. The minimum Gasteiger partial charge on any atom is -0.462 e. The number of allylic oxidation sites excluding steroid dienone is 1. The van der Waals surface area contributed by atoms with Gasteiger partial charge in [0, 0.05) is 0 Å². The highest BCUT2D eigenvalue weighted by Gasteiger charge is 2.02. The van der Waals surface area contributed by atoms with Gasteiger partial charge >= 0.3 is 5.97 Å². The number of esters is 1. The SMILES string of the molecule is C=C(/C=C\C(=C)C(=O)OCC)N=N. The lowest BCUT2D eigenvalue weighted by atomic mass is 10.2. The molecule has 0 radical (unpaired) electrons. The van der Waals surface area contributed by atoms with Crippen LogP contribution in [-0.4, -0.2) is 12.6 Å². The molecule has 0 saturated carbocycles. The molecule has 0 aromatic heterocycles. The first kappa shape index (κ1) is 11.3. The topological polar surface area (TPSA) is 62.5 Å². The quantitative estimate of drug-likeness (QED) is 0.305. The Balaban J connectivity index is 4.14. The van der Waals surface area contributed by atoms with Crippen molar-refractivity contribution in [3.8, 4) is 0 Å². The van der Waals surface area contributed by atoms with Crippen LogP contribution < -0.4 is 0 Å². The van der Waals surface area contributed by atoms with Crippen LogP contribution >= 0.6 is 0 Å². The standard InChI is InChI=1S/C9H12N2O2/c1-4-13-9(12)7(2)5-6-8(3)11-10/h5-6,10H,2-4H2,1H3/b6-5-,11-10?.